The fourth-order valence-electron chi connectivity index (χ4n) is 4.56. The second-order valence-electron chi connectivity index (χ2n) is 8.83. The first-order valence-corrected chi connectivity index (χ1v) is 14.3. The van der Waals surface area contributed by atoms with Gasteiger partial charge in [-0.15, -0.1) is 11.8 Å². The summed E-state index contributed by atoms with van der Waals surface area (Å²) in [5, 5.41) is 0.171. The number of thioether (sulfide) groups is 1. The molecule has 2 aliphatic rings. The third-order valence-electron chi connectivity index (χ3n) is 6.40. The zero-order valence-electron chi connectivity index (χ0n) is 20.4. The summed E-state index contributed by atoms with van der Waals surface area (Å²) in [6.45, 7) is 1.67. The Labute approximate surface area is 214 Å². The fraction of sp³-hybridized carbons (Fsp3) is 0.583. The summed E-state index contributed by atoms with van der Waals surface area (Å²) < 4.78 is 74.2. The van der Waals surface area contributed by atoms with Crippen LogP contribution in [0, 0.1) is 0 Å². The molecule has 0 aliphatic heterocycles. The molecule has 2 saturated carbocycles. The van der Waals surface area contributed by atoms with E-state index in [-0.39, 0.29) is 18.4 Å². The number of benzene rings is 1. The Morgan fingerprint density at radius 1 is 1.22 bits per heavy atom. The summed E-state index contributed by atoms with van der Waals surface area (Å²) in [6, 6.07) is 2.31. The number of carbonyl (C=O) groups excluding carboxylic acids is 1. The second-order valence-corrected chi connectivity index (χ2v) is 12.2. The lowest BCUT2D eigenvalue weighted by Crippen LogP contribution is -2.42. The summed E-state index contributed by atoms with van der Waals surface area (Å²) in [6.07, 6.45) is 1.88. The Kier molecular flexibility index (Phi) is 9.50. The topological polar surface area (TPSA) is 102 Å². The first-order valence-electron chi connectivity index (χ1n) is 12.0. The van der Waals surface area contributed by atoms with Gasteiger partial charge in [0.15, 0.2) is 0 Å². The number of nitrogens with zero attached hydrogens (tertiary/aromatic N) is 2. The minimum Gasteiger partial charge on any atom is -0.465 e. The quantitative estimate of drug-likeness (QED) is 0.471. The summed E-state index contributed by atoms with van der Waals surface area (Å²) in [4.78, 5) is 15.9. The van der Waals surface area contributed by atoms with Gasteiger partial charge in [0.25, 0.3) is 0 Å². The highest BCUT2D eigenvalue weighted by Gasteiger charge is 2.37. The van der Waals surface area contributed by atoms with Crippen molar-refractivity contribution < 1.29 is 31.1 Å². The highest BCUT2D eigenvalue weighted by Crippen LogP contribution is 2.40. The van der Waals surface area contributed by atoms with Crippen LogP contribution in [0.2, 0.25) is 0 Å². The number of alkyl halides is 3. The van der Waals surface area contributed by atoms with E-state index in [0.29, 0.717) is 41.5 Å². The monoisotopic (exact) mass is 547 g/mol. The van der Waals surface area contributed by atoms with Crippen molar-refractivity contribution in [2.24, 2.45) is 10.7 Å². The number of likely N-dealkylation sites (N-methyl/N-ethyl adjacent to an activating group) is 1. The molecule has 1 aromatic rings. The number of aliphatic imine (C=N–C) groups is 1. The molecule has 3 rings (SSSR count). The van der Waals surface area contributed by atoms with Gasteiger partial charge in [0.1, 0.15) is 6.54 Å². The van der Waals surface area contributed by atoms with E-state index in [2.05, 4.69) is 4.99 Å². The molecule has 36 heavy (non-hydrogen) atoms. The molecule has 200 valence electrons. The third-order valence-corrected chi connectivity index (χ3v) is 9.55. The zero-order valence-corrected chi connectivity index (χ0v) is 22.0. The molecule has 1 atom stereocenters. The van der Waals surface area contributed by atoms with E-state index in [0.717, 1.165) is 36.1 Å². The molecule has 2 aliphatic carbocycles. The first-order chi connectivity index (χ1) is 17.0. The summed E-state index contributed by atoms with van der Waals surface area (Å²) in [7, 11) is -2.97. The van der Waals surface area contributed by atoms with Gasteiger partial charge >= 0.3 is 12.1 Å². The van der Waals surface area contributed by atoms with Crippen LogP contribution in [0.5, 0.6) is 0 Å². The number of ether oxygens (including phenoxy) is 1. The van der Waals surface area contributed by atoms with Gasteiger partial charge in [0, 0.05) is 34.7 Å². The number of halogens is 3. The lowest BCUT2D eigenvalue weighted by Gasteiger charge is -2.33. The number of nitrogens with two attached hydrogens (primary N) is 1. The number of hydrogen-bond acceptors (Lipinski definition) is 7. The fourth-order valence-corrected chi connectivity index (χ4v) is 7.42. The van der Waals surface area contributed by atoms with Crippen LogP contribution in [0.25, 0.3) is 0 Å². The average molecular weight is 548 g/mol. The van der Waals surface area contributed by atoms with E-state index in [4.69, 9.17) is 10.5 Å². The van der Waals surface area contributed by atoms with E-state index in [9.17, 15) is 26.4 Å². The van der Waals surface area contributed by atoms with Gasteiger partial charge < -0.3 is 10.5 Å². The minimum atomic E-state index is -4.69. The van der Waals surface area contributed by atoms with Crippen LogP contribution in [0.4, 0.5) is 13.2 Å². The number of sulfonamides is 1. The van der Waals surface area contributed by atoms with Gasteiger partial charge in [-0.2, -0.15) is 17.5 Å². The SMILES string of the molecule is CCOC(=O)CN=C1CCCC(N(C)S(=O)(=O)c2cc(SC3CCCC3)cc(C(F)(F)F)c2)C1=CN. The van der Waals surface area contributed by atoms with Crippen molar-refractivity contribution in [3.8, 4) is 0 Å². The van der Waals surface area contributed by atoms with Gasteiger partial charge in [-0.3, -0.25) is 9.79 Å². The predicted molar refractivity (Wildman–Crippen MR) is 133 cm³/mol. The molecule has 0 bridgehead atoms. The molecule has 0 aromatic heterocycles. The molecule has 2 fully saturated rings. The number of esters is 1. The predicted octanol–water partition coefficient (Wildman–Crippen LogP) is 4.76. The smallest absolute Gasteiger partial charge is 0.416 e. The van der Waals surface area contributed by atoms with Crippen LogP contribution in [0.3, 0.4) is 0 Å². The maximum atomic E-state index is 13.7. The van der Waals surface area contributed by atoms with Crippen molar-refractivity contribution in [2.45, 2.75) is 79.1 Å². The Morgan fingerprint density at radius 2 is 1.92 bits per heavy atom. The van der Waals surface area contributed by atoms with Crippen molar-refractivity contribution in [3.63, 3.8) is 0 Å². The Balaban J connectivity index is 1.93. The lowest BCUT2D eigenvalue weighted by molar-refractivity contribution is -0.141. The van der Waals surface area contributed by atoms with E-state index in [1.807, 2.05) is 0 Å². The molecular formula is C24H32F3N3O4S2. The van der Waals surface area contributed by atoms with Crippen LogP contribution in [-0.2, 0) is 25.7 Å². The van der Waals surface area contributed by atoms with Crippen molar-refractivity contribution in [1.29, 1.82) is 0 Å². The maximum Gasteiger partial charge on any atom is 0.416 e. The standard InChI is InChI=1S/C24H32F3N3O4S2/c1-3-34-23(31)15-29-21-9-6-10-22(20(21)14-28)30(2)36(32,33)19-12-16(24(25,26)27)11-18(13-19)35-17-7-4-5-8-17/h11-14,17,22H,3-10,15,28H2,1-2H3. The van der Waals surface area contributed by atoms with Crippen LogP contribution in [0.1, 0.15) is 57.4 Å². The number of hydrogen-bond donors (Lipinski definition) is 1. The van der Waals surface area contributed by atoms with E-state index < -0.39 is 38.7 Å². The molecule has 1 aromatic carbocycles. The van der Waals surface area contributed by atoms with E-state index in [1.165, 1.54) is 31.1 Å². The van der Waals surface area contributed by atoms with Crippen molar-refractivity contribution in [2.75, 3.05) is 20.2 Å². The molecule has 2 N–H and O–H groups in total. The highest BCUT2D eigenvalue weighted by atomic mass is 32.2. The van der Waals surface area contributed by atoms with Gasteiger partial charge in [0.05, 0.1) is 23.1 Å². The van der Waals surface area contributed by atoms with Gasteiger partial charge in [-0.25, -0.2) is 8.42 Å². The molecule has 0 heterocycles. The summed E-state index contributed by atoms with van der Waals surface area (Å²) in [5.74, 6) is -0.513. The highest BCUT2D eigenvalue weighted by molar-refractivity contribution is 8.00. The minimum absolute atomic E-state index is 0.171. The molecule has 0 amide bonds. The Bertz CT molecular complexity index is 1110. The van der Waals surface area contributed by atoms with Crippen LogP contribution >= 0.6 is 11.8 Å². The molecule has 1 unspecified atom stereocenters. The average Bonchev–Trinajstić information content (AvgIpc) is 3.34. The largest absolute Gasteiger partial charge is 0.465 e. The summed E-state index contributed by atoms with van der Waals surface area (Å²) in [5.41, 5.74) is 5.77. The van der Waals surface area contributed by atoms with Gasteiger partial charge in [-0.05, 0) is 57.2 Å². The van der Waals surface area contributed by atoms with Crippen molar-refractivity contribution in [1.82, 2.24) is 4.31 Å². The van der Waals surface area contributed by atoms with Crippen molar-refractivity contribution >= 4 is 33.5 Å². The second kappa shape index (κ2) is 12.0. The Morgan fingerprint density at radius 3 is 2.53 bits per heavy atom. The molecule has 0 radical (unpaired) electrons. The van der Waals surface area contributed by atoms with E-state index in [1.54, 1.807) is 6.92 Å². The van der Waals surface area contributed by atoms with Gasteiger partial charge in [0.2, 0.25) is 10.0 Å². The van der Waals surface area contributed by atoms with E-state index >= 15 is 0 Å². The number of carbonyl (C=O) groups is 1. The molecule has 0 saturated heterocycles. The zero-order chi connectivity index (χ0) is 26.5. The Hall–Kier alpha value is -2.05. The normalized spacial score (nSPS) is 22.0. The molecular weight excluding hydrogens is 515 g/mol. The van der Waals surface area contributed by atoms with Gasteiger partial charge in [-0.1, -0.05) is 12.8 Å². The first kappa shape index (κ1) is 28.5. The van der Waals surface area contributed by atoms with Crippen LogP contribution < -0.4 is 5.73 Å². The molecule has 12 heteroatoms. The lowest BCUT2D eigenvalue weighted by atomic mass is 9.88. The summed E-state index contributed by atoms with van der Waals surface area (Å²) >= 11 is 1.30. The third kappa shape index (κ3) is 6.83. The van der Waals surface area contributed by atoms with Crippen molar-refractivity contribution in [3.05, 3.63) is 35.5 Å². The molecule has 7 nitrogen and oxygen atoms in total. The van der Waals surface area contributed by atoms with Crippen LogP contribution in [-0.4, -0.2) is 55.9 Å². The number of rotatable bonds is 8. The van der Waals surface area contributed by atoms with Crippen LogP contribution in [0.15, 0.2) is 44.8 Å². The molecule has 0 spiro atoms. The maximum absolute atomic E-state index is 13.7.